The number of nitrogens with zero attached hydrogens (tertiary/aromatic N) is 1. The first-order chi connectivity index (χ1) is 10.4. The molecule has 0 radical (unpaired) electrons. The number of rotatable bonds is 8. The molecule has 1 aromatic rings. The van der Waals surface area contributed by atoms with Crippen LogP contribution >= 0.6 is 0 Å². The fourth-order valence-corrected chi connectivity index (χ4v) is 2.24. The van der Waals surface area contributed by atoms with Crippen molar-refractivity contribution in [2.75, 3.05) is 0 Å². The lowest BCUT2D eigenvalue weighted by Crippen LogP contribution is -2.31. The number of benzene rings is 1. The summed E-state index contributed by atoms with van der Waals surface area (Å²) in [5, 5.41) is 11.8. The summed E-state index contributed by atoms with van der Waals surface area (Å²) < 4.78 is 0. The van der Waals surface area contributed by atoms with E-state index < -0.39 is 0 Å². The summed E-state index contributed by atoms with van der Waals surface area (Å²) in [6.07, 6.45) is 5.73. The Bertz CT molecular complexity index is 464. The Hall–Kier alpha value is -1.30. The molecule has 2 heteroatoms. The smallest absolute Gasteiger partial charge is 0.0960 e. The maximum atomic E-state index is 10.4. The third-order valence-corrected chi connectivity index (χ3v) is 3.49. The van der Waals surface area contributed by atoms with E-state index >= 15 is 0 Å². The maximum Gasteiger partial charge on any atom is 0.0960 e. The van der Waals surface area contributed by atoms with Crippen molar-refractivity contribution in [1.29, 1.82) is 0 Å². The molecule has 1 N–H and O–H groups in total. The van der Waals surface area contributed by atoms with Crippen LogP contribution in [0.1, 0.15) is 65.4 Å². The van der Waals surface area contributed by atoms with Gasteiger partial charge < -0.3 is 5.21 Å². The molecule has 1 atom stereocenters. The van der Waals surface area contributed by atoms with E-state index in [2.05, 4.69) is 39.5 Å². The minimum Gasteiger partial charge on any atom is -0.312 e. The molecule has 1 unspecified atom stereocenters. The Balaban J connectivity index is 2.67. The molecule has 122 valence electrons. The van der Waals surface area contributed by atoms with Gasteiger partial charge in [0.15, 0.2) is 0 Å². The van der Waals surface area contributed by atoms with Crippen LogP contribution in [-0.4, -0.2) is 16.3 Å². The van der Waals surface area contributed by atoms with Crippen molar-refractivity contribution in [2.24, 2.45) is 5.41 Å². The zero-order valence-electron chi connectivity index (χ0n) is 14.6. The number of hydrogen-bond donors (Lipinski definition) is 1. The SMILES string of the molecule is CCCCCCC(C#CC(C)(C)C)N(O)Cc1ccccc1. The van der Waals surface area contributed by atoms with Crippen LogP contribution in [0.15, 0.2) is 30.3 Å². The Morgan fingerprint density at radius 1 is 1.09 bits per heavy atom. The van der Waals surface area contributed by atoms with Gasteiger partial charge in [-0.1, -0.05) is 74.8 Å². The normalized spacial score (nSPS) is 12.8. The molecule has 0 saturated heterocycles. The maximum absolute atomic E-state index is 10.4. The predicted octanol–water partition coefficient (Wildman–Crippen LogP) is 5.27. The molecule has 0 aromatic heterocycles. The molecule has 0 amide bonds. The van der Waals surface area contributed by atoms with Crippen LogP contribution in [0.2, 0.25) is 0 Å². The molecule has 1 aromatic carbocycles. The van der Waals surface area contributed by atoms with E-state index in [1.807, 2.05) is 30.3 Å². The highest BCUT2D eigenvalue weighted by molar-refractivity contribution is 5.16. The topological polar surface area (TPSA) is 23.5 Å². The first-order valence-electron chi connectivity index (χ1n) is 8.44. The van der Waals surface area contributed by atoms with Gasteiger partial charge in [0.25, 0.3) is 0 Å². The Morgan fingerprint density at radius 3 is 2.36 bits per heavy atom. The van der Waals surface area contributed by atoms with Gasteiger partial charge in [-0.3, -0.25) is 0 Å². The quantitative estimate of drug-likeness (QED) is 0.402. The second kappa shape index (κ2) is 9.66. The van der Waals surface area contributed by atoms with Crippen LogP contribution in [0.5, 0.6) is 0 Å². The molecule has 0 aliphatic carbocycles. The summed E-state index contributed by atoms with van der Waals surface area (Å²) in [5.41, 5.74) is 1.08. The van der Waals surface area contributed by atoms with Gasteiger partial charge >= 0.3 is 0 Å². The monoisotopic (exact) mass is 301 g/mol. The summed E-state index contributed by atoms with van der Waals surface area (Å²) in [6, 6.07) is 9.98. The summed E-state index contributed by atoms with van der Waals surface area (Å²) in [5.74, 6) is 6.56. The van der Waals surface area contributed by atoms with Gasteiger partial charge in [-0.05, 0) is 32.8 Å². The second-order valence-corrected chi connectivity index (χ2v) is 6.97. The van der Waals surface area contributed by atoms with Gasteiger partial charge in [0.05, 0.1) is 12.6 Å². The van der Waals surface area contributed by atoms with Crippen molar-refractivity contribution in [1.82, 2.24) is 5.06 Å². The van der Waals surface area contributed by atoms with E-state index in [0.717, 1.165) is 18.4 Å². The van der Waals surface area contributed by atoms with Gasteiger partial charge in [-0.25, -0.2) is 0 Å². The van der Waals surface area contributed by atoms with E-state index in [1.165, 1.54) is 24.3 Å². The molecule has 1 rings (SSSR count). The molecule has 22 heavy (non-hydrogen) atoms. The van der Waals surface area contributed by atoms with Crippen molar-refractivity contribution < 1.29 is 5.21 Å². The largest absolute Gasteiger partial charge is 0.312 e. The van der Waals surface area contributed by atoms with Gasteiger partial charge in [-0.15, -0.1) is 0 Å². The van der Waals surface area contributed by atoms with Crippen molar-refractivity contribution in [3.63, 3.8) is 0 Å². The standard InChI is InChI=1S/C20H31NO/c1-5-6-7-11-14-19(15-16-20(2,3)4)21(22)17-18-12-9-8-10-13-18/h8-10,12-13,19,22H,5-7,11,14,17H2,1-4H3. The predicted molar refractivity (Wildman–Crippen MR) is 93.5 cm³/mol. The first-order valence-corrected chi connectivity index (χ1v) is 8.44. The Labute approximate surface area is 136 Å². The summed E-state index contributed by atoms with van der Waals surface area (Å²) in [4.78, 5) is 0. The van der Waals surface area contributed by atoms with Gasteiger partial charge in [-0.2, -0.15) is 5.06 Å². The fraction of sp³-hybridized carbons (Fsp3) is 0.600. The lowest BCUT2D eigenvalue weighted by Gasteiger charge is -2.22. The van der Waals surface area contributed by atoms with E-state index in [1.54, 1.807) is 0 Å². The molecule has 0 aliphatic heterocycles. The molecule has 0 heterocycles. The van der Waals surface area contributed by atoms with Crippen LogP contribution in [0.3, 0.4) is 0 Å². The molecule has 0 spiro atoms. The van der Waals surface area contributed by atoms with E-state index in [9.17, 15) is 5.21 Å². The highest BCUT2D eigenvalue weighted by Crippen LogP contribution is 2.15. The third-order valence-electron chi connectivity index (χ3n) is 3.49. The molecule has 0 aliphatic rings. The van der Waals surface area contributed by atoms with Crippen molar-refractivity contribution >= 4 is 0 Å². The van der Waals surface area contributed by atoms with E-state index in [4.69, 9.17) is 0 Å². The summed E-state index contributed by atoms with van der Waals surface area (Å²) in [6.45, 7) is 9.05. The average Bonchev–Trinajstić information content (AvgIpc) is 2.46. The number of hydroxylamine groups is 2. The molecule has 0 fully saturated rings. The van der Waals surface area contributed by atoms with Crippen LogP contribution < -0.4 is 0 Å². The second-order valence-electron chi connectivity index (χ2n) is 6.97. The zero-order chi connectivity index (χ0) is 16.4. The lowest BCUT2D eigenvalue weighted by molar-refractivity contribution is -0.121. The molecular weight excluding hydrogens is 270 g/mol. The van der Waals surface area contributed by atoms with E-state index in [0.29, 0.717) is 6.54 Å². The average molecular weight is 301 g/mol. The first kappa shape index (κ1) is 18.7. The summed E-state index contributed by atoms with van der Waals surface area (Å²) in [7, 11) is 0. The molecule has 0 bridgehead atoms. The minimum absolute atomic E-state index is 0.0325. The van der Waals surface area contributed by atoms with Gasteiger partial charge in [0.1, 0.15) is 0 Å². The van der Waals surface area contributed by atoms with Crippen LogP contribution in [0.25, 0.3) is 0 Å². The molecule has 0 saturated carbocycles. The lowest BCUT2D eigenvalue weighted by atomic mass is 9.96. The van der Waals surface area contributed by atoms with Crippen LogP contribution in [0, 0.1) is 17.3 Å². The highest BCUT2D eigenvalue weighted by Gasteiger charge is 2.15. The van der Waals surface area contributed by atoms with Crippen molar-refractivity contribution in [2.45, 2.75) is 72.4 Å². The number of hydrogen-bond acceptors (Lipinski definition) is 2. The van der Waals surface area contributed by atoms with Crippen LogP contribution in [0.4, 0.5) is 0 Å². The molecule has 2 nitrogen and oxygen atoms in total. The van der Waals surface area contributed by atoms with Gasteiger partial charge in [0, 0.05) is 5.41 Å². The van der Waals surface area contributed by atoms with E-state index in [-0.39, 0.29) is 11.5 Å². The Kier molecular flexibility index (Phi) is 8.24. The third kappa shape index (κ3) is 8.22. The minimum atomic E-state index is -0.0868. The molecular formula is C20H31NO. The number of unbranched alkanes of at least 4 members (excludes halogenated alkanes) is 3. The Morgan fingerprint density at radius 2 is 1.77 bits per heavy atom. The highest BCUT2D eigenvalue weighted by atomic mass is 16.5. The van der Waals surface area contributed by atoms with Gasteiger partial charge in [0.2, 0.25) is 0 Å². The van der Waals surface area contributed by atoms with Crippen molar-refractivity contribution in [3.05, 3.63) is 35.9 Å². The van der Waals surface area contributed by atoms with Crippen molar-refractivity contribution in [3.8, 4) is 11.8 Å². The fourth-order valence-electron chi connectivity index (χ4n) is 2.24. The van der Waals surface area contributed by atoms with Crippen LogP contribution in [-0.2, 0) is 6.54 Å². The summed E-state index contributed by atoms with van der Waals surface area (Å²) >= 11 is 0. The zero-order valence-corrected chi connectivity index (χ0v) is 14.6.